The molecule has 0 bridgehead atoms. The van der Waals surface area contributed by atoms with Crippen LogP contribution in [0.5, 0.6) is 0 Å². The zero-order valence-electron chi connectivity index (χ0n) is 13.0. The summed E-state index contributed by atoms with van der Waals surface area (Å²) < 4.78 is 16.5. The molecule has 0 spiro atoms. The van der Waals surface area contributed by atoms with Crippen molar-refractivity contribution in [1.82, 2.24) is 9.36 Å². The standard InChI is InChI=1S/C18H17FN2OS/c1-13-17(12-23-16-10-8-14(19)9-11-16)18(22)21(20(13)2)15-6-4-3-5-7-15/h3-11H,12H2,1-2H3. The highest BCUT2D eigenvalue weighted by molar-refractivity contribution is 7.98. The molecule has 118 valence electrons. The molecule has 0 N–H and O–H groups in total. The molecule has 3 nitrogen and oxygen atoms in total. The number of halogens is 1. The van der Waals surface area contributed by atoms with Crippen LogP contribution in [0.25, 0.3) is 5.69 Å². The Morgan fingerprint density at radius 2 is 1.70 bits per heavy atom. The summed E-state index contributed by atoms with van der Waals surface area (Å²) in [6.07, 6.45) is 0. The Morgan fingerprint density at radius 1 is 1.04 bits per heavy atom. The number of nitrogens with zero attached hydrogens (tertiary/aromatic N) is 2. The van der Waals surface area contributed by atoms with Crippen LogP contribution in [0.4, 0.5) is 4.39 Å². The third-order valence-electron chi connectivity index (χ3n) is 3.87. The molecule has 0 aliphatic carbocycles. The van der Waals surface area contributed by atoms with E-state index in [2.05, 4.69) is 0 Å². The van der Waals surface area contributed by atoms with Crippen molar-refractivity contribution in [3.63, 3.8) is 0 Å². The van der Waals surface area contributed by atoms with E-state index in [0.29, 0.717) is 5.75 Å². The van der Waals surface area contributed by atoms with Crippen LogP contribution in [-0.4, -0.2) is 9.36 Å². The Balaban J connectivity index is 1.92. The maximum absolute atomic E-state index is 13.0. The average Bonchev–Trinajstić information content (AvgIpc) is 2.78. The molecule has 0 radical (unpaired) electrons. The minimum absolute atomic E-state index is 0.00851. The molecule has 0 atom stereocenters. The number of thioether (sulfide) groups is 1. The lowest BCUT2D eigenvalue weighted by Crippen LogP contribution is -2.20. The molecule has 2 aromatic carbocycles. The fourth-order valence-corrected chi connectivity index (χ4v) is 3.45. The number of aromatic nitrogens is 2. The van der Waals surface area contributed by atoms with Crippen LogP contribution in [0.1, 0.15) is 11.3 Å². The van der Waals surface area contributed by atoms with E-state index in [1.54, 1.807) is 16.8 Å². The second kappa shape index (κ2) is 6.46. The largest absolute Gasteiger partial charge is 0.285 e. The fraction of sp³-hybridized carbons (Fsp3) is 0.167. The Kier molecular flexibility index (Phi) is 4.39. The first kappa shape index (κ1) is 15.6. The van der Waals surface area contributed by atoms with Gasteiger partial charge in [-0.15, -0.1) is 11.8 Å². The van der Waals surface area contributed by atoms with Gasteiger partial charge in [-0.25, -0.2) is 9.07 Å². The highest BCUT2D eigenvalue weighted by atomic mass is 32.2. The third-order valence-corrected chi connectivity index (χ3v) is 4.91. The van der Waals surface area contributed by atoms with Gasteiger partial charge in [0.1, 0.15) is 5.82 Å². The highest BCUT2D eigenvalue weighted by Crippen LogP contribution is 2.23. The Morgan fingerprint density at radius 3 is 2.35 bits per heavy atom. The van der Waals surface area contributed by atoms with Gasteiger partial charge in [0.15, 0.2) is 0 Å². The highest BCUT2D eigenvalue weighted by Gasteiger charge is 2.15. The van der Waals surface area contributed by atoms with Gasteiger partial charge >= 0.3 is 0 Å². The minimum Gasteiger partial charge on any atom is -0.285 e. The molecule has 23 heavy (non-hydrogen) atoms. The quantitative estimate of drug-likeness (QED) is 0.679. The lowest BCUT2D eigenvalue weighted by Gasteiger charge is -2.07. The molecular formula is C18H17FN2OS. The van der Waals surface area contributed by atoms with Gasteiger partial charge in [0.25, 0.3) is 5.56 Å². The first-order valence-electron chi connectivity index (χ1n) is 7.29. The maximum atomic E-state index is 13.0. The molecule has 0 saturated carbocycles. The number of hydrogen-bond acceptors (Lipinski definition) is 2. The first-order valence-corrected chi connectivity index (χ1v) is 8.28. The van der Waals surface area contributed by atoms with E-state index in [-0.39, 0.29) is 11.4 Å². The average molecular weight is 328 g/mol. The van der Waals surface area contributed by atoms with E-state index in [1.807, 2.05) is 49.0 Å². The number of para-hydroxylation sites is 1. The van der Waals surface area contributed by atoms with Crippen LogP contribution in [0.15, 0.2) is 64.3 Å². The van der Waals surface area contributed by atoms with Crippen LogP contribution < -0.4 is 5.56 Å². The van der Waals surface area contributed by atoms with Gasteiger partial charge in [0.2, 0.25) is 0 Å². The first-order chi connectivity index (χ1) is 11.1. The molecule has 0 amide bonds. The molecule has 5 heteroatoms. The topological polar surface area (TPSA) is 26.9 Å². The van der Waals surface area contributed by atoms with Crippen LogP contribution in [-0.2, 0) is 12.8 Å². The second-order valence-electron chi connectivity index (χ2n) is 5.28. The van der Waals surface area contributed by atoms with Crippen LogP contribution in [0.2, 0.25) is 0 Å². The molecule has 0 aliphatic heterocycles. The van der Waals surface area contributed by atoms with Crippen LogP contribution >= 0.6 is 11.8 Å². The SMILES string of the molecule is Cc1c(CSc2ccc(F)cc2)c(=O)n(-c2ccccc2)n1C. The van der Waals surface area contributed by atoms with Gasteiger partial charge in [0.05, 0.1) is 11.3 Å². The summed E-state index contributed by atoms with van der Waals surface area (Å²) in [5, 5.41) is 0. The normalized spacial score (nSPS) is 10.9. The summed E-state index contributed by atoms with van der Waals surface area (Å²) in [4.78, 5) is 13.7. The lowest BCUT2D eigenvalue weighted by molar-refractivity contribution is 0.626. The van der Waals surface area contributed by atoms with Crippen molar-refractivity contribution in [3.8, 4) is 5.69 Å². The van der Waals surface area contributed by atoms with Gasteiger partial charge in [-0.1, -0.05) is 18.2 Å². The predicted octanol–water partition coefficient (Wildman–Crippen LogP) is 3.92. The van der Waals surface area contributed by atoms with Gasteiger partial charge < -0.3 is 0 Å². The van der Waals surface area contributed by atoms with Gasteiger partial charge in [0, 0.05) is 23.4 Å². The fourth-order valence-electron chi connectivity index (χ4n) is 2.48. The molecule has 3 aromatic rings. The number of hydrogen-bond donors (Lipinski definition) is 0. The lowest BCUT2D eigenvalue weighted by atomic mass is 10.3. The van der Waals surface area contributed by atoms with E-state index in [4.69, 9.17) is 0 Å². The Bertz CT molecular complexity index is 867. The summed E-state index contributed by atoms with van der Waals surface area (Å²) in [7, 11) is 1.88. The molecule has 0 aliphatic rings. The van der Waals surface area contributed by atoms with Crippen molar-refractivity contribution in [1.29, 1.82) is 0 Å². The van der Waals surface area contributed by atoms with Crippen molar-refractivity contribution in [2.75, 3.05) is 0 Å². The van der Waals surface area contributed by atoms with Crippen molar-refractivity contribution in [2.45, 2.75) is 17.6 Å². The molecule has 0 saturated heterocycles. The van der Waals surface area contributed by atoms with E-state index < -0.39 is 0 Å². The number of benzene rings is 2. The van der Waals surface area contributed by atoms with Crippen molar-refractivity contribution in [2.24, 2.45) is 7.05 Å². The van der Waals surface area contributed by atoms with Crippen molar-refractivity contribution >= 4 is 11.8 Å². The molecule has 1 aromatic heterocycles. The molecular weight excluding hydrogens is 311 g/mol. The van der Waals surface area contributed by atoms with Gasteiger partial charge in [-0.2, -0.15) is 0 Å². The summed E-state index contributed by atoms with van der Waals surface area (Å²) in [6.45, 7) is 1.95. The molecule has 1 heterocycles. The summed E-state index contributed by atoms with van der Waals surface area (Å²) >= 11 is 1.53. The summed E-state index contributed by atoms with van der Waals surface area (Å²) in [5.41, 5.74) is 2.55. The van der Waals surface area contributed by atoms with E-state index in [9.17, 15) is 9.18 Å². The molecule has 0 unspecified atom stereocenters. The smallest absolute Gasteiger partial charge is 0.275 e. The van der Waals surface area contributed by atoms with Crippen LogP contribution in [0, 0.1) is 12.7 Å². The Hall–Kier alpha value is -2.27. The van der Waals surface area contributed by atoms with E-state index >= 15 is 0 Å². The second-order valence-corrected chi connectivity index (χ2v) is 6.33. The predicted molar refractivity (Wildman–Crippen MR) is 91.7 cm³/mol. The zero-order valence-corrected chi connectivity index (χ0v) is 13.8. The van der Waals surface area contributed by atoms with Gasteiger partial charge in [-0.3, -0.25) is 9.48 Å². The monoisotopic (exact) mass is 328 g/mol. The molecule has 3 rings (SSSR count). The summed E-state index contributed by atoms with van der Waals surface area (Å²) in [6, 6.07) is 15.9. The van der Waals surface area contributed by atoms with Crippen LogP contribution in [0.3, 0.4) is 0 Å². The molecule has 0 fully saturated rings. The van der Waals surface area contributed by atoms with Gasteiger partial charge in [-0.05, 0) is 43.3 Å². The van der Waals surface area contributed by atoms with E-state index in [1.165, 1.54) is 23.9 Å². The summed E-state index contributed by atoms with van der Waals surface area (Å²) in [5.74, 6) is 0.306. The van der Waals surface area contributed by atoms with Crippen molar-refractivity contribution in [3.05, 3.63) is 82.0 Å². The zero-order chi connectivity index (χ0) is 16.4. The Labute approximate surface area is 138 Å². The van der Waals surface area contributed by atoms with E-state index in [0.717, 1.165) is 21.8 Å². The third kappa shape index (κ3) is 3.10. The van der Waals surface area contributed by atoms with Crippen molar-refractivity contribution < 1.29 is 4.39 Å². The maximum Gasteiger partial charge on any atom is 0.275 e. The number of rotatable bonds is 4. The minimum atomic E-state index is -0.253.